The minimum atomic E-state index is -0.219. The van der Waals surface area contributed by atoms with Gasteiger partial charge >= 0.3 is 0 Å². The molecule has 1 aromatic rings. The van der Waals surface area contributed by atoms with Gasteiger partial charge < -0.3 is 10.4 Å². The number of aromatic amines is 1. The van der Waals surface area contributed by atoms with Crippen molar-refractivity contribution in [2.45, 2.75) is 31.8 Å². The van der Waals surface area contributed by atoms with Crippen LogP contribution in [0, 0.1) is 5.92 Å². The minimum Gasteiger partial charge on any atom is -0.393 e. The normalized spacial score (nSPS) is 25.3. The first-order valence-electron chi connectivity index (χ1n) is 5.57. The number of rotatable bonds is 3. The van der Waals surface area contributed by atoms with E-state index in [9.17, 15) is 9.90 Å². The van der Waals surface area contributed by atoms with Crippen molar-refractivity contribution in [2.75, 3.05) is 6.54 Å². The highest BCUT2D eigenvalue weighted by atomic mass is 16.3. The number of aliphatic hydroxyl groups excluding tert-OH is 1. The number of aliphatic hydroxyl groups is 1. The molecule has 0 aromatic carbocycles. The van der Waals surface area contributed by atoms with Crippen LogP contribution in [0.5, 0.6) is 0 Å². The minimum absolute atomic E-state index is 0.152. The average Bonchev–Trinajstić information content (AvgIpc) is 2.81. The second-order valence-electron chi connectivity index (χ2n) is 4.22. The monoisotopic (exact) mass is 224 g/mol. The lowest BCUT2D eigenvalue weighted by molar-refractivity contribution is 0.0901. The summed E-state index contributed by atoms with van der Waals surface area (Å²) in [4.78, 5) is 15.3. The number of hydrogen-bond donors (Lipinski definition) is 3. The summed E-state index contributed by atoms with van der Waals surface area (Å²) in [6.07, 6.45) is 4.77. The highest BCUT2D eigenvalue weighted by Crippen LogP contribution is 2.23. The Balaban J connectivity index is 1.73. The molecule has 1 aliphatic carbocycles. The summed E-state index contributed by atoms with van der Waals surface area (Å²) in [7, 11) is 0. The smallest absolute Gasteiger partial charge is 0.288 e. The number of nitrogens with one attached hydrogen (secondary N) is 2. The van der Waals surface area contributed by atoms with E-state index in [4.69, 9.17) is 0 Å². The third-order valence-corrected chi connectivity index (χ3v) is 3.00. The second-order valence-corrected chi connectivity index (χ2v) is 4.22. The maximum absolute atomic E-state index is 11.5. The fraction of sp³-hybridized carbons (Fsp3) is 0.700. The molecule has 2 rings (SSSR count). The van der Waals surface area contributed by atoms with E-state index in [-0.39, 0.29) is 17.8 Å². The molecule has 0 radical (unpaired) electrons. The van der Waals surface area contributed by atoms with Gasteiger partial charge in [-0.15, -0.1) is 0 Å². The standard InChI is InChI=1S/C10H16N4O2/c15-8-3-1-7(2-4-8)5-11-10(16)9-12-6-13-14-9/h6-8,15H,1-5H2,(H,11,16)(H,12,13,14). The number of carbonyl (C=O) groups is 1. The highest BCUT2D eigenvalue weighted by molar-refractivity contribution is 5.90. The predicted molar refractivity (Wildman–Crippen MR) is 56.7 cm³/mol. The van der Waals surface area contributed by atoms with Crippen LogP contribution in [-0.2, 0) is 0 Å². The molecule has 6 heteroatoms. The van der Waals surface area contributed by atoms with Crippen molar-refractivity contribution < 1.29 is 9.90 Å². The van der Waals surface area contributed by atoms with Crippen molar-refractivity contribution in [3.8, 4) is 0 Å². The predicted octanol–water partition coefficient (Wildman–Crippen LogP) is 0.0856. The van der Waals surface area contributed by atoms with Crippen LogP contribution in [-0.4, -0.2) is 38.8 Å². The van der Waals surface area contributed by atoms with E-state index in [1.54, 1.807) is 0 Å². The Labute approximate surface area is 93.5 Å². The Morgan fingerprint density at radius 1 is 1.50 bits per heavy atom. The summed E-state index contributed by atoms with van der Waals surface area (Å²) >= 11 is 0. The van der Waals surface area contributed by atoms with Gasteiger partial charge in [0.25, 0.3) is 5.91 Å². The Bertz CT molecular complexity index is 331. The first kappa shape index (κ1) is 11.1. The molecular formula is C10H16N4O2. The quantitative estimate of drug-likeness (QED) is 0.678. The van der Waals surface area contributed by atoms with Crippen molar-refractivity contribution in [2.24, 2.45) is 5.92 Å². The number of hydrogen-bond acceptors (Lipinski definition) is 4. The molecule has 1 heterocycles. The van der Waals surface area contributed by atoms with Crippen LogP contribution in [0.4, 0.5) is 0 Å². The van der Waals surface area contributed by atoms with Crippen LogP contribution in [0.25, 0.3) is 0 Å². The summed E-state index contributed by atoms with van der Waals surface area (Å²) in [5, 5.41) is 18.3. The average molecular weight is 224 g/mol. The molecule has 1 aromatic heterocycles. The topological polar surface area (TPSA) is 90.9 Å². The van der Waals surface area contributed by atoms with E-state index in [0.29, 0.717) is 12.5 Å². The van der Waals surface area contributed by atoms with Gasteiger partial charge in [0.15, 0.2) is 0 Å². The zero-order chi connectivity index (χ0) is 11.4. The summed E-state index contributed by atoms with van der Waals surface area (Å²) in [6, 6.07) is 0. The Hall–Kier alpha value is -1.43. The lowest BCUT2D eigenvalue weighted by Crippen LogP contribution is -2.32. The van der Waals surface area contributed by atoms with E-state index >= 15 is 0 Å². The molecule has 1 aliphatic rings. The van der Waals surface area contributed by atoms with Crippen LogP contribution in [0.3, 0.4) is 0 Å². The van der Waals surface area contributed by atoms with E-state index < -0.39 is 0 Å². The van der Waals surface area contributed by atoms with Crippen molar-refractivity contribution in [1.29, 1.82) is 0 Å². The fourth-order valence-corrected chi connectivity index (χ4v) is 1.98. The van der Waals surface area contributed by atoms with Crippen LogP contribution in [0.2, 0.25) is 0 Å². The summed E-state index contributed by atoms with van der Waals surface area (Å²) < 4.78 is 0. The molecule has 0 spiro atoms. The van der Waals surface area contributed by atoms with E-state index in [2.05, 4.69) is 20.5 Å². The summed E-state index contributed by atoms with van der Waals surface area (Å²) in [6.45, 7) is 0.645. The lowest BCUT2D eigenvalue weighted by atomic mass is 9.87. The van der Waals surface area contributed by atoms with Crippen molar-refractivity contribution in [1.82, 2.24) is 20.5 Å². The molecule has 0 unspecified atom stereocenters. The number of aromatic nitrogens is 3. The van der Waals surface area contributed by atoms with Crippen molar-refractivity contribution >= 4 is 5.91 Å². The van der Waals surface area contributed by atoms with Gasteiger partial charge in [-0.2, -0.15) is 5.10 Å². The summed E-state index contributed by atoms with van der Waals surface area (Å²) in [5.74, 6) is 0.495. The zero-order valence-corrected chi connectivity index (χ0v) is 9.02. The van der Waals surface area contributed by atoms with Gasteiger partial charge in [0.2, 0.25) is 5.82 Å². The third-order valence-electron chi connectivity index (χ3n) is 3.00. The van der Waals surface area contributed by atoms with E-state index in [1.165, 1.54) is 6.33 Å². The van der Waals surface area contributed by atoms with Crippen LogP contribution in [0.15, 0.2) is 6.33 Å². The Kier molecular flexibility index (Phi) is 3.51. The van der Waals surface area contributed by atoms with E-state index in [1.807, 2.05) is 0 Å². The molecular weight excluding hydrogens is 208 g/mol. The maximum Gasteiger partial charge on any atom is 0.288 e. The molecule has 0 atom stereocenters. The van der Waals surface area contributed by atoms with Crippen molar-refractivity contribution in [3.63, 3.8) is 0 Å². The van der Waals surface area contributed by atoms with Gasteiger partial charge in [-0.1, -0.05) is 0 Å². The van der Waals surface area contributed by atoms with E-state index in [0.717, 1.165) is 25.7 Å². The SMILES string of the molecule is O=C(NCC1CCC(O)CC1)c1ncn[nH]1. The molecule has 0 aliphatic heterocycles. The number of nitrogens with zero attached hydrogens (tertiary/aromatic N) is 2. The first-order valence-corrected chi connectivity index (χ1v) is 5.57. The molecule has 16 heavy (non-hydrogen) atoms. The number of carbonyl (C=O) groups excluding carboxylic acids is 1. The largest absolute Gasteiger partial charge is 0.393 e. The third kappa shape index (κ3) is 2.79. The molecule has 0 saturated heterocycles. The van der Waals surface area contributed by atoms with Crippen LogP contribution >= 0.6 is 0 Å². The fourth-order valence-electron chi connectivity index (χ4n) is 1.98. The second kappa shape index (κ2) is 5.07. The molecule has 1 amide bonds. The van der Waals surface area contributed by atoms with Gasteiger partial charge in [-0.05, 0) is 31.6 Å². The summed E-state index contributed by atoms with van der Waals surface area (Å²) in [5.41, 5.74) is 0. The van der Waals surface area contributed by atoms with Gasteiger partial charge in [0.05, 0.1) is 6.10 Å². The Morgan fingerprint density at radius 2 is 2.25 bits per heavy atom. The Morgan fingerprint density at radius 3 is 2.88 bits per heavy atom. The number of amides is 1. The van der Waals surface area contributed by atoms with Gasteiger partial charge in [-0.25, -0.2) is 4.98 Å². The molecule has 88 valence electrons. The molecule has 0 bridgehead atoms. The maximum atomic E-state index is 11.5. The molecule has 3 N–H and O–H groups in total. The molecule has 1 saturated carbocycles. The lowest BCUT2D eigenvalue weighted by Gasteiger charge is -2.25. The number of H-pyrrole nitrogens is 1. The zero-order valence-electron chi connectivity index (χ0n) is 9.02. The first-order chi connectivity index (χ1) is 7.75. The highest BCUT2D eigenvalue weighted by Gasteiger charge is 2.20. The van der Waals surface area contributed by atoms with Crippen LogP contribution < -0.4 is 5.32 Å². The van der Waals surface area contributed by atoms with Gasteiger partial charge in [-0.3, -0.25) is 9.89 Å². The van der Waals surface area contributed by atoms with Crippen LogP contribution in [0.1, 0.15) is 36.3 Å². The van der Waals surface area contributed by atoms with Gasteiger partial charge in [0.1, 0.15) is 6.33 Å². The molecule has 1 fully saturated rings. The molecule has 6 nitrogen and oxygen atoms in total. The van der Waals surface area contributed by atoms with Gasteiger partial charge in [0, 0.05) is 6.54 Å². The van der Waals surface area contributed by atoms with Crippen molar-refractivity contribution in [3.05, 3.63) is 12.2 Å².